The second-order valence-corrected chi connectivity index (χ2v) is 3.90. The Balaban J connectivity index is 2.41. The minimum atomic E-state index is 0.901. The zero-order valence-corrected chi connectivity index (χ0v) is 9.26. The summed E-state index contributed by atoms with van der Waals surface area (Å²) in [6.07, 6.45) is 1.74. The maximum Gasteiger partial charge on any atom is 0.143 e. The van der Waals surface area contributed by atoms with Crippen LogP contribution in [0.25, 0.3) is 5.69 Å². The second-order valence-electron chi connectivity index (χ2n) is 2.79. The van der Waals surface area contributed by atoms with E-state index in [1.54, 1.807) is 11.0 Å². The summed E-state index contributed by atoms with van der Waals surface area (Å²) in [5, 5.41) is 8.32. The third-order valence-corrected chi connectivity index (χ3v) is 2.22. The van der Waals surface area contributed by atoms with Crippen LogP contribution in [0.15, 0.2) is 30.5 Å². The van der Waals surface area contributed by atoms with Crippen LogP contribution in [0, 0.1) is 10.6 Å². The van der Waals surface area contributed by atoms with E-state index in [4.69, 9.17) is 0 Å². The number of hydrogen-bond donors (Lipinski definition) is 0. The molecule has 3 nitrogen and oxygen atoms in total. The molecule has 0 atom stereocenters. The minimum Gasteiger partial charge on any atom is -0.156 e. The number of benzene rings is 1. The average Bonchev–Trinajstić information content (AvgIpc) is 2.53. The lowest BCUT2D eigenvalue weighted by Crippen LogP contribution is -1.98. The van der Waals surface area contributed by atoms with E-state index < -0.39 is 0 Å². The van der Waals surface area contributed by atoms with E-state index in [-0.39, 0.29) is 0 Å². The first-order valence-corrected chi connectivity index (χ1v) is 4.98. The first-order chi connectivity index (χ1) is 6.25. The number of aryl methyl sites for hydroxylation is 1. The molecule has 0 bridgehead atoms. The molecule has 1 aromatic carbocycles. The highest BCUT2D eigenvalue weighted by Gasteiger charge is 1.98. The van der Waals surface area contributed by atoms with Crippen LogP contribution < -0.4 is 0 Å². The molecule has 0 saturated carbocycles. The SMILES string of the molecule is Cc1ccc(-n2ncc(I)n2)cc1. The van der Waals surface area contributed by atoms with E-state index in [0.717, 1.165) is 9.39 Å². The van der Waals surface area contributed by atoms with Gasteiger partial charge in [0.25, 0.3) is 0 Å². The lowest BCUT2D eigenvalue weighted by atomic mass is 10.2. The molecule has 4 heteroatoms. The molecule has 0 aliphatic rings. The van der Waals surface area contributed by atoms with Gasteiger partial charge in [-0.05, 0) is 41.6 Å². The quantitative estimate of drug-likeness (QED) is 0.752. The number of nitrogens with zero attached hydrogens (tertiary/aromatic N) is 3. The first-order valence-electron chi connectivity index (χ1n) is 3.90. The molecule has 1 heterocycles. The van der Waals surface area contributed by atoms with E-state index in [0.29, 0.717) is 0 Å². The summed E-state index contributed by atoms with van der Waals surface area (Å²) in [7, 11) is 0. The highest BCUT2D eigenvalue weighted by atomic mass is 127. The Morgan fingerprint density at radius 2 is 1.92 bits per heavy atom. The summed E-state index contributed by atoms with van der Waals surface area (Å²) in [5.41, 5.74) is 2.24. The number of hydrogen-bond acceptors (Lipinski definition) is 2. The molecule has 1 aromatic heterocycles. The Morgan fingerprint density at radius 3 is 2.46 bits per heavy atom. The molecule has 2 aromatic rings. The van der Waals surface area contributed by atoms with Crippen molar-refractivity contribution in [2.24, 2.45) is 0 Å². The molecule has 0 unspecified atom stereocenters. The average molecular weight is 285 g/mol. The molecular weight excluding hydrogens is 277 g/mol. The molecule has 0 aliphatic heterocycles. The van der Waals surface area contributed by atoms with Gasteiger partial charge in [-0.25, -0.2) is 0 Å². The van der Waals surface area contributed by atoms with Gasteiger partial charge in [-0.1, -0.05) is 17.7 Å². The van der Waals surface area contributed by atoms with Gasteiger partial charge in [-0.3, -0.25) is 0 Å². The molecule has 0 amide bonds. The highest BCUT2D eigenvalue weighted by molar-refractivity contribution is 14.1. The molecule has 0 N–H and O–H groups in total. The fraction of sp³-hybridized carbons (Fsp3) is 0.111. The van der Waals surface area contributed by atoms with Crippen LogP contribution >= 0.6 is 22.6 Å². The minimum absolute atomic E-state index is 0.901. The summed E-state index contributed by atoms with van der Waals surface area (Å²) in [5.74, 6) is 0. The third kappa shape index (κ3) is 1.88. The van der Waals surface area contributed by atoms with E-state index >= 15 is 0 Å². The summed E-state index contributed by atoms with van der Waals surface area (Å²) in [4.78, 5) is 1.63. The van der Waals surface area contributed by atoms with Gasteiger partial charge in [-0.2, -0.15) is 9.90 Å². The van der Waals surface area contributed by atoms with E-state index in [1.807, 2.05) is 24.3 Å². The van der Waals surface area contributed by atoms with Gasteiger partial charge in [0.1, 0.15) is 3.70 Å². The molecule has 0 saturated heterocycles. The van der Waals surface area contributed by atoms with Crippen LogP contribution in [-0.2, 0) is 0 Å². The van der Waals surface area contributed by atoms with Crippen LogP contribution in [-0.4, -0.2) is 15.0 Å². The number of rotatable bonds is 1. The third-order valence-electron chi connectivity index (χ3n) is 1.73. The molecule has 0 radical (unpaired) electrons. The van der Waals surface area contributed by atoms with E-state index in [9.17, 15) is 0 Å². The van der Waals surface area contributed by atoms with Crippen LogP contribution in [0.3, 0.4) is 0 Å². The van der Waals surface area contributed by atoms with Crippen LogP contribution in [0.1, 0.15) is 5.56 Å². The van der Waals surface area contributed by atoms with Crippen molar-refractivity contribution in [3.63, 3.8) is 0 Å². The molecule has 13 heavy (non-hydrogen) atoms. The topological polar surface area (TPSA) is 30.7 Å². The fourth-order valence-corrected chi connectivity index (χ4v) is 1.38. The zero-order valence-electron chi connectivity index (χ0n) is 7.11. The van der Waals surface area contributed by atoms with Gasteiger partial charge >= 0.3 is 0 Å². The Morgan fingerprint density at radius 1 is 1.23 bits per heavy atom. The van der Waals surface area contributed by atoms with Crippen LogP contribution in [0.5, 0.6) is 0 Å². The second kappa shape index (κ2) is 3.45. The van der Waals surface area contributed by atoms with Crippen molar-refractivity contribution in [1.29, 1.82) is 0 Å². The maximum absolute atomic E-state index is 4.20. The summed E-state index contributed by atoms with van der Waals surface area (Å²) in [6, 6.07) is 8.11. The number of aromatic nitrogens is 3. The lowest BCUT2D eigenvalue weighted by Gasteiger charge is -1.98. The van der Waals surface area contributed by atoms with Crippen LogP contribution in [0.4, 0.5) is 0 Å². The summed E-state index contributed by atoms with van der Waals surface area (Å²) in [6.45, 7) is 2.06. The maximum atomic E-state index is 4.20. The molecule has 2 rings (SSSR count). The molecule has 0 fully saturated rings. The summed E-state index contributed by atoms with van der Waals surface area (Å²) >= 11 is 2.14. The smallest absolute Gasteiger partial charge is 0.143 e. The molecule has 0 spiro atoms. The van der Waals surface area contributed by atoms with Gasteiger partial charge in [0.2, 0.25) is 0 Å². The van der Waals surface area contributed by atoms with Crippen molar-refractivity contribution >= 4 is 22.6 Å². The van der Waals surface area contributed by atoms with Crippen LogP contribution in [0.2, 0.25) is 0 Å². The van der Waals surface area contributed by atoms with E-state index in [2.05, 4.69) is 39.7 Å². The van der Waals surface area contributed by atoms with Gasteiger partial charge < -0.3 is 0 Å². The Bertz CT molecular complexity index is 405. The molecule has 66 valence electrons. The van der Waals surface area contributed by atoms with Gasteiger partial charge in [0.05, 0.1) is 11.9 Å². The lowest BCUT2D eigenvalue weighted by molar-refractivity contribution is 0.747. The van der Waals surface area contributed by atoms with Crippen molar-refractivity contribution in [2.45, 2.75) is 6.92 Å². The standard InChI is InChI=1S/C9H8IN3/c1-7-2-4-8(5-3-7)13-11-6-9(10)12-13/h2-6H,1H3. The fourth-order valence-electron chi connectivity index (χ4n) is 1.05. The van der Waals surface area contributed by atoms with E-state index in [1.165, 1.54) is 5.56 Å². The zero-order chi connectivity index (χ0) is 9.26. The van der Waals surface area contributed by atoms with Crippen molar-refractivity contribution in [3.8, 4) is 5.69 Å². The Labute approximate surface area is 89.9 Å². The van der Waals surface area contributed by atoms with Crippen molar-refractivity contribution in [3.05, 3.63) is 39.7 Å². The summed E-state index contributed by atoms with van der Waals surface area (Å²) < 4.78 is 0.901. The van der Waals surface area contributed by atoms with Gasteiger partial charge in [0.15, 0.2) is 0 Å². The predicted molar refractivity (Wildman–Crippen MR) is 58.8 cm³/mol. The van der Waals surface area contributed by atoms with Gasteiger partial charge in [0, 0.05) is 0 Å². The monoisotopic (exact) mass is 285 g/mol. The normalized spacial score (nSPS) is 10.3. The van der Waals surface area contributed by atoms with Crippen molar-refractivity contribution < 1.29 is 0 Å². The van der Waals surface area contributed by atoms with Crippen molar-refractivity contribution in [2.75, 3.05) is 0 Å². The molecular formula is C9H8IN3. The first kappa shape index (κ1) is 8.68. The Hall–Kier alpha value is -0.910. The van der Waals surface area contributed by atoms with Crippen molar-refractivity contribution in [1.82, 2.24) is 15.0 Å². The highest BCUT2D eigenvalue weighted by Crippen LogP contribution is 2.07. The Kier molecular flexibility index (Phi) is 2.30. The number of halogens is 1. The predicted octanol–water partition coefficient (Wildman–Crippen LogP) is 2.18. The van der Waals surface area contributed by atoms with Gasteiger partial charge in [-0.15, -0.1) is 5.10 Å². The largest absolute Gasteiger partial charge is 0.156 e. The molecule has 0 aliphatic carbocycles.